The third kappa shape index (κ3) is 3.94. The van der Waals surface area contributed by atoms with Gasteiger partial charge < -0.3 is 14.6 Å². The molecule has 1 N–H and O–H groups in total. The highest BCUT2D eigenvalue weighted by atomic mass is 79.9. The van der Waals surface area contributed by atoms with Gasteiger partial charge in [-0.05, 0) is 44.4 Å². The summed E-state index contributed by atoms with van der Waals surface area (Å²) in [4.78, 5) is 27.8. The predicted octanol–water partition coefficient (Wildman–Crippen LogP) is 2.65. The molecule has 5 nitrogen and oxygen atoms in total. The first-order valence-electron chi connectivity index (χ1n) is 5.82. The topological polar surface area (TPSA) is 62.4 Å². The van der Waals surface area contributed by atoms with Gasteiger partial charge in [0, 0.05) is 24.3 Å². The van der Waals surface area contributed by atoms with E-state index in [-0.39, 0.29) is 12.5 Å². The van der Waals surface area contributed by atoms with Gasteiger partial charge >= 0.3 is 5.97 Å². The summed E-state index contributed by atoms with van der Waals surface area (Å²) in [6.45, 7) is 0.240. The van der Waals surface area contributed by atoms with E-state index >= 15 is 0 Å². The molecule has 0 aliphatic carbocycles. The van der Waals surface area contributed by atoms with Gasteiger partial charge in [0.25, 0.3) is 5.91 Å². The van der Waals surface area contributed by atoms with E-state index in [4.69, 9.17) is 4.74 Å². The van der Waals surface area contributed by atoms with E-state index < -0.39 is 5.97 Å². The van der Waals surface area contributed by atoms with Crippen LogP contribution in [0.25, 0.3) is 0 Å². The van der Waals surface area contributed by atoms with E-state index in [0.29, 0.717) is 12.2 Å². The number of amides is 1. The summed E-state index contributed by atoms with van der Waals surface area (Å²) in [6.07, 6.45) is 1.63. The van der Waals surface area contributed by atoms with Crippen molar-refractivity contribution in [2.45, 2.75) is 6.54 Å². The van der Waals surface area contributed by atoms with Crippen molar-refractivity contribution in [2.24, 2.45) is 0 Å². The van der Waals surface area contributed by atoms with E-state index in [2.05, 4.69) is 20.9 Å². The van der Waals surface area contributed by atoms with Crippen molar-refractivity contribution >= 4 is 39.1 Å². The Balaban J connectivity index is 1.81. The van der Waals surface area contributed by atoms with E-state index in [1.807, 2.05) is 16.8 Å². The number of nitrogens with zero attached hydrogens (tertiary/aromatic N) is 1. The minimum Gasteiger partial charge on any atom is -0.451 e. The molecule has 0 aliphatic heterocycles. The van der Waals surface area contributed by atoms with Crippen LogP contribution in [0.4, 0.5) is 0 Å². The number of esters is 1. The summed E-state index contributed by atoms with van der Waals surface area (Å²) < 4.78 is 5.72. The summed E-state index contributed by atoms with van der Waals surface area (Å²) >= 11 is 4.80. The number of aromatic nitrogens is 1. The summed E-state index contributed by atoms with van der Waals surface area (Å²) in [6, 6.07) is 3.55. The van der Waals surface area contributed by atoms with Crippen molar-refractivity contribution < 1.29 is 14.3 Å². The minimum atomic E-state index is -0.548. The number of rotatable bonds is 5. The highest BCUT2D eigenvalue weighted by Crippen LogP contribution is 2.12. The van der Waals surface area contributed by atoms with E-state index in [1.54, 1.807) is 30.6 Å². The Morgan fingerprint density at radius 1 is 1.50 bits per heavy atom. The predicted molar refractivity (Wildman–Crippen MR) is 79.6 cm³/mol. The van der Waals surface area contributed by atoms with Crippen LogP contribution in [0.5, 0.6) is 0 Å². The van der Waals surface area contributed by atoms with Gasteiger partial charge in [0.2, 0.25) is 0 Å². The zero-order valence-electron chi connectivity index (χ0n) is 10.8. The molecule has 2 aromatic rings. The van der Waals surface area contributed by atoms with Crippen LogP contribution in [0.2, 0.25) is 0 Å². The lowest BCUT2D eigenvalue weighted by atomic mass is 10.3. The molecule has 106 valence electrons. The van der Waals surface area contributed by atoms with Crippen LogP contribution in [0.3, 0.4) is 0 Å². The largest absolute Gasteiger partial charge is 0.451 e. The van der Waals surface area contributed by atoms with Crippen LogP contribution < -0.4 is 0 Å². The number of hydrogen-bond acceptors (Lipinski definition) is 4. The zero-order valence-corrected chi connectivity index (χ0v) is 13.2. The molecule has 0 aliphatic rings. The molecular weight excluding hydrogens is 344 g/mol. The number of ether oxygens (including phenoxy) is 1. The number of aromatic amines is 1. The van der Waals surface area contributed by atoms with Crippen LogP contribution in [-0.2, 0) is 16.1 Å². The number of hydrogen-bond donors (Lipinski definition) is 1. The first-order valence-corrected chi connectivity index (χ1v) is 7.56. The molecule has 0 radical (unpaired) electrons. The summed E-state index contributed by atoms with van der Waals surface area (Å²) in [5.74, 6) is -0.789. The maximum absolute atomic E-state index is 11.8. The number of likely N-dealkylation sites (N-methyl/N-ethyl adjacent to an activating group) is 1. The minimum absolute atomic E-state index is 0.241. The fraction of sp³-hybridized carbons (Fsp3) is 0.231. The zero-order chi connectivity index (χ0) is 14.5. The van der Waals surface area contributed by atoms with Gasteiger partial charge in [-0.3, -0.25) is 4.79 Å². The second-order valence-corrected chi connectivity index (χ2v) is 5.88. The second-order valence-electron chi connectivity index (χ2n) is 4.19. The Morgan fingerprint density at radius 3 is 2.90 bits per heavy atom. The Hall–Kier alpha value is -1.60. The highest BCUT2D eigenvalue weighted by molar-refractivity contribution is 9.10. The van der Waals surface area contributed by atoms with Crippen molar-refractivity contribution in [3.05, 3.63) is 44.8 Å². The molecule has 0 unspecified atom stereocenters. The van der Waals surface area contributed by atoms with Crippen molar-refractivity contribution in [1.82, 2.24) is 9.88 Å². The molecular formula is C13H13BrN2O3S. The summed E-state index contributed by atoms with van der Waals surface area (Å²) in [5, 5.41) is 3.93. The number of thiophene rings is 1. The third-order valence-electron chi connectivity index (χ3n) is 2.62. The molecule has 2 aromatic heterocycles. The highest BCUT2D eigenvalue weighted by Gasteiger charge is 2.14. The molecule has 0 atom stereocenters. The lowest BCUT2D eigenvalue weighted by Gasteiger charge is -2.16. The number of nitrogens with one attached hydrogen (secondary N) is 1. The average molecular weight is 357 g/mol. The molecule has 2 heterocycles. The maximum Gasteiger partial charge on any atom is 0.355 e. The molecule has 7 heteroatoms. The molecule has 2 rings (SSSR count). The molecule has 0 spiro atoms. The lowest BCUT2D eigenvalue weighted by molar-refractivity contribution is -0.133. The van der Waals surface area contributed by atoms with Crippen LogP contribution in [0.15, 0.2) is 33.6 Å². The maximum atomic E-state index is 11.8. The van der Waals surface area contributed by atoms with Crippen LogP contribution in [0, 0.1) is 0 Å². The Kier molecular flexibility index (Phi) is 4.97. The van der Waals surface area contributed by atoms with E-state index in [1.165, 1.54) is 4.90 Å². The molecule has 0 aromatic carbocycles. The van der Waals surface area contributed by atoms with Crippen molar-refractivity contribution in [2.75, 3.05) is 13.7 Å². The Labute approximate surface area is 128 Å². The number of H-pyrrole nitrogens is 1. The van der Waals surface area contributed by atoms with Gasteiger partial charge in [0.1, 0.15) is 5.69 Å². The number of halogens is 1. The lowest BCUT2D eigenvalue weighted by Crippen LogP contribution is -2.30. The average Bonchev–Trinajstić information content (AvgIpc) is 3.07. The molecule has 0 bridgehead atoms. The van der Waals surface area contributed by atoms with Gasteiger partial charge in [-0.2, -0.15) is 11.3 Å². The molecule has 20 heavy (non-hydrogen) atoms. The van der Waals surface area contributed by atoms with Gasteiger partial charge in [-0.15, -0.1) is 0 Å². The normalized spacial score (nSPS) is 10.3. The summed E-state index contributed by atoms with van der Waals surface area (Å²) in [5.41, 5.74) is 1.37. The Bertz CT molecular complexity index is 595. The van der Waals surface area contributed by atoms with Gasteiger partial charge in [-0.25, -0.2) is 4.79 Å². The standard InChI is InChI=1S/C13H13BrN2O3S/c1-16(6-9-2-3-20-8-9)12(17)7-19-13(18)11-4-10(14)5-15-11/h2-5,8,15H,6-7H2,1H3. The first-order chi connectivity index (χ1) is 9.56. The van der Waals surface area contributed by atoms with Crippen molar-refractivity contribution in [3.8, 4) is 0 Å². The Morgan fingerprint density at radius 2 is 2.30 bits per heavy atom. The molecule has 0 saturated carbocycles. The number of carbonyl (C=O) groups excluding carboxylic acids is 2. The van der Waals surface area contributed by atoms with Gasteiger partial charge in [-0.1, -0.05) is 0 Å². The number of carbonyl (C=O) groups is 2. The molecule has 0 fully saturated rings. The third-order valence-corrected chi connectivity index (χ3v) is 3.81. The van der Waals surface area contributed by atoms with Crippen LogP contribution in [-0.4, -0.2) is 35.4 Å². The smallest absolute Gasteiger partial charge is 0.355 e. The van der Waals surface area contributed by atoms with Crippen molar-refractivity contribution in [3.63, 3.8) is 0 Å². The van der Waals surface area contributed by atoms with Crippen molar-refractivity contribution in [1.29, 1.82) is 0 Å². The fourth-order valence-corrected chi connectivity index (χ4v) is 2.55. The monoisotopic (exact) mass is 356 g/mol. The second kappa shape index (κ2) is 6.71. The van der Waals surface area contributed by atoms with E-state index in [9.17, 15) is 9.59 Å². The summed E-state index contributed by atoms with van der Waals surface area (Å²) in [7, 11) is 1.68. The van der Waals surface area contributed by atoms with E-state index in [0.717, 1.165) is 10.0 Å². The fourth-order valence-electron chi connectivity index (χ4n) is 1.55. The molecule has 1 amide bonds. The molecule has 0 saturated heterocycles. The quantitative estimate of drug-likeness (QED) is 0.837. The SMILES string of the molecule is CN(Cc1ccsc1)C(=O)COC(=O)c1cc(Br)c[nH]1. The van der Waals surface area contributed by atoms with Crippen LogP contribution >= 0.6 is 27.3 Å². The van der Waals surface area contributed by atoms with Gasteiger partial charge in [0.15, 0.2) is 6.61 Å². The van der Waals surface area contributed by atoms with Crippen LogP contribution in [0.1, 0.15) is 16.1 Å². The van der Waals surface area contributed by atoms with Gasteiger partial charge in [0.05, 0.1) is 0 Å². The first kappa shape index (κ1) is 14.8.